The van der Waals surface area contributed by atoms with Crippen molar-refractivity contribution in [2.75, 3.05) is 11.4 Å². The Morgan fingerprint density at radius 1 is 1.47 bits per heavy atom. The largest absolute Gasteiger partial charge is 0.368 e. The number of carbonyl (C=O) groups is 1. The van der Waals surface area contributed by atoms with Gasteiger partial charge in [0.25, 0.3) is 0 Å². The highest BCUT2D eigenvalue weighted by Gasteiger charge is 2.14. The van der Waals surface area contributed by atoms with E-state index < -0.39 is 0 Å². The van der Waals surface area contributed by atoms with Crippen molar-refractivity contribution in [3.63, 3.8) is 0 Å². The molecule has 1 aromatic rings. The number of anilines is 1. The van der Waals surface area contributed by atoms with Crippen molar-refractivity contribution in [2.24, 2.45) is 11.5 Å². The van der Waals surface area contributed by atoms with E-state index >= 15 is 0 Å². The summed E-state index contributed by atoms with van der Waals surface area (Å²) in [6, 6.07) is 5.75. The van der Waals surface area contributed by atoms with E-state index in [4.69, 9.17) is 23.1 Å². The van der Waals surface area contributed by atoms with Gasteiger partial charge in [-0.1, -0.05) is 17.7 Å². The molecule has 0 aromatic heterocycles. The summed E-state index contributed by atoms with van der Waals surface area (Å²) < 4.78 is 0. The molecule has 5 heteroatoms. The summed E-state index contributed by atoms with van der Waals surface area (Å²) in [7, 11) is 0. The Morgan fingerprint density at radius 2 is 2.12 bits per heavy atom. The number of halogens is 1. The lowest BCUT2D eigenvalue weighted by atomic mass is 10.1. The highest BCUT2D eigenvalue weighted by molar-refractivity contribution is 6.31. The van der Waals surface area contributed by atoms with Crippen molar-refractivity contribution in [1.82, 2.24) is 0 Å². The fraction of sp³-hybridized carbons (Fsp3) is 0.417. The van der Waals surface area contributed by atoms with Gasteiger partial charge in [-0.3, -0.25) is 4.79 Å². The molecule has 0 atom stereocenters. The lowest BCUT2D eigenvalue weighted by Crippen LogP contribution is -2.38. The van der Waals surface area contributed by atoms with Crippen molar-refractivity contribution in [3.05, 3.63) is 28.8 Å². The van der Waals surface area contributed by atoms with E-state index in [1.54, 1.807) is 0 Å². The summed E-state index contributed by atoms with van der Waals surface area (Å²) in [5.74, 6) is -0.363. The molecule has 0 unspecified atom stereocenters. The van der Waals surface area contributed by atoms with E-state index in [2.05, 4.69) is 0 Å². The van der Waals surface area contributed by atoms with Crippen molar-refractivity contribution in [2.45, 2.75) is 26.4 Å². The zero-order valence-electron chi connectivity index (χ0n) is 10.1. The van der Waals surface area contributed by atoms with Crippen LogP contribution in [0, 0.1) is 0 Å². The van der Waals surface area contributed by atoms with Crippen LogP contribution < -0.4 is 16.4 Å². The standard InChI is InChI=1S/C12H18ClN3O/c1-8(2)16(7-12(15)17)10-4-3-9(6-14)11(13)5-10/h3-5,8H,6-7,14H2,1-2H3,(H2,15,17). The van der Waals surface area contributed by atoms with Crippen LogP contribution in [0.4, 0.5) is 5.69 Å². The third-order valence-electron chi connectivity index (χ3n) is 2.54. The number of nitrogens with two attached hydrogens (primary N) is 2. The van der Waals surface area contributed by atoms with Crippen LogP contribution in [0.25, 0.3) is 0 Å². The molecule has 0 aliphatic rings. The normalized spacial score (nSPS) is 10.6. The third kappa shape index (κ3) is 3.61. The van der Waals surface area contributed by atoms with Crippen molar-refractivity contribution >= 4 is 23.2 Å². The third-order valence-corrected chi connectivity index (χ3v) is 2.89. The van der Waals surface area contributed by atoms with Crippen LogP contribution in [0.15, 0.2) is 18.2 Å². The molecule has 0 fully saturated rings. The van der Waals surface area contributed by atoms with Gasteiger partial charge >= 0.3 is 0 Å². The van der Waals surface area contributed by atoms with E-state index in [1.807, 2.05) is 36.9 Å². The minimum atomic E-state index is -0.363. The molecule has 1 aromatic carbocycles. The molecule has 0 spiro atoms. The molecular weight excluding hydrogens is 238 g/mol. The number of amides is 1. The molecule has 1 rings (SSSR count). The summed E-state index contributed by atoms with van der Waals surface area (Å²) in [4.78, 5) is 12.9. The predicted molar refractivity (Wildman–Crippen MR) is 71.0 cm³/mol. The first-order chi connectivity index (χ1) is 7.95. The van der Waals surface area contributed by atoms with Crippen LogP contribution >= 0.6 is 11.6 Å². The first kappa shape index (κ1) is 13.8. The number of hydrogen-bond donors (Lipinski definition) is 2. The summed E-state index contributed by atoms with van der Waals surface area (Å²) in [6.45, 7) is 4.56. The van der Waals surface area contributed by atoms with Gasteiger partial charge in [0.05, 0.1) is 6.54 Å². The van der Waals surface area contributed by atoms with Gasteiger partial charge in [-0.2, -0.15) is 0 Å². The smallest absolute Gasteiger partial charge is 0.236 e. The molecule has 0 radical (unpaired) electrons. The van der Waals surface area contributed by atoms with Gasteiger partial charge < -0.3 is 16.4 Å². The van der Waals surface area contributed by atoms with Crippen molar-refractivity contribution < 1.29 is 4.79 Å². The summed E-state index contributed by atoms with van der Waals surface area (Å²) >= 11 is 6.09. The van der Waals surface area contributed by atoms with Gasteiger partial charge in [-0.15, -0.1) is 0 Å². The molecular formula is C12H18ClN3O. The number of carbonyl (C=O) groups excluding carboxylic acids is 1. The van der Waals surface area contributed by atoms with Gasteiger partial charge in [-0.25, -0.2) is 0 Å². The second kappa shape index (κ2) is 5.89. The van der Waals surface area contributed by atoms with Crippen LogP contribution in [-0.2, 0) is 11.3 Å². The van der Waals surface area contributed by atoms with Crippen LogP contribution in [0.5, 0.6) is 0 Å². The molecule has 0 saturated carbocycles. The maximum Gasteiger partial charge on any atom is 0.236 e. The van der Waals surface area contributed by atoms with Gasteiger partial charge in [-0.05, 0) is 31.5 Å². The molecule has 0 bridgehead atoms. The van der Waals surface area contributed by atoms with Gasteiger partial charge in [0.2, 0.25) is 5.91 Å². The van der Waals surface area contributed by atoms with Crippen molar-refractivity contribution in [3.8, 4) is 0 Å². The van der Waals surface area contributed by atoms with Gasteiger partial charge in [0.1, 0.15) is 0 Å². The van der Waals surface area contributed by atoms with Crippen LogP contribution in [0.2, 0.25) is 5.02 Å². The average Bonchev–Trinajstić information content (AvgIpc) is 2.25. The molecule has 4 nitrogen and oxygen atoms in total. The van der Waals surface area contributed by atoms with Crippen LogP contribution in [0.3, 0.4) is 0 Å². The molecule has 0 heterocycles. The van der Waals surface area contributed by atoms with Crippen molar-refractivity contribution in [1.29, 1.82) is 0 Å². The highest BCUT2D eigenvalue weighted by Crippen LogP contribution is 2.24. The zero-order chi connectivity index (χ0) is 13.0. The number of rotatable bonds is 5. The molecule has 4 N–H and O–H groups in total. The fourth-order valence-electron chi connectivity index (χ4n) is 1.62. The summed E-state index contributed by atoms with van der Waals surface area (Å²) in [5.41, 5.74) is 12.5. The molecule has 0 saturated heterocycles. The number of nitrogens with zero attached hydrogens (tertiary/aromatic N) is 1. The Labute approximate surface area is 107 Å². The fourth-order valence-corrected chi connectivity index (χ4v) is 1.87. The SMILES string of the molecule is CC(C)N(CC(N)=O)c1ccc(CN)c(Cl)c1. The maximum absolute atomic E-state index is 11.0. The minimum absolute atomic E-state index is 0.169. The van der Waals surface area contributed by atoms with Crippen LogP contribution in [-0.4, -0.2) is 18.5 Å². The lowest BCUT2D eigenvalue weighted by Gasteiger charge is -2.28. The van der Waals surface area contributed by atoms with Gasteiger partial charge in [0.15, 0.2) is 0 Å². The first-order valence-electron chi connectivity index (χ1n) is 5.49. The predicted octanol–water partition coefficient (Wildman–Crippen LogP) is 1.50. The highest BCUT2D eigenvalue weighted by atomic mass is 35.5. The number of benzene rings is 1. The second-order valence-corrected chi connectivity index (χ2v) is 4.57. The molecule has 1 amide bonds. The van der Waals surface area contributed by atoms with Crippen LogP contribution in [0.1, 0.15) is 19.4 Å². The molecule has 17 heavy (non-hydrogen) atoms. The molecule has 0 aliphatic carbocycles. The quantitative estimate of drug-likeness (QED) is 0.838. The molecule has 94 valence electrons. The lowest BCUT2D eigenvalue weighted by molar-refractivity contribution is -0.116. The van der Waals surface area contributed by atoms with E-state index in [1.165, 1.54) is 0 Å². The van der Waals surface area contributed by atoms with E-state index in [-0.39, 0.29) is 18.5 Å². The Balaban J connectivity index is 3.02. The van der Waals surface area contributed by atoms with E-state index in [9.17, 15) is 4.79 Å². The number of primary amides is 1. The van der Waals surface area contributed by atoms with Gasteiger partial charge in [0, 0.05) is 23.3 Å². The minimum Gasteiger partial charge on any atom is -0.368 e. The maximum atomic E-state index is 11.0. The summed E-state index contributed by atoms with van der Waals surface area (Å²) in [6.07, 6.45) is 0. The number of hydrogen-bond acceptors (Lipinski definition) is 3. The second-order valence-electron chi connectivity index (χ2n) is 4.17. The van der Waals surface area contributed by atoms with E-state index in [0.29, 0.717) is 11.6 Å². The Morgan fingerprint density at radius 3 is 2.53 bits per heavy atom. The first-order valence-corrected chi connectivity index (χ1v) is 5.87. The Kier molecular flexibility index (Phi) is 4.78. The van der Waals surface area contributed by atoms with E-state index in [0.717, 1.165) is 11.3 Å². The monoisotopic (exact) mass is 255 g/mol. The Bertz CT molecular complexity index is 407. The average molecular weight is 256 g/mol. The summed E-state index contributed by atoms with van der Waals surface area (Å²) in [5, 5.41) is 0.611. The molecule has 0 aliphatic heterocycles. The zero-order valence-corrected chi connectivity index (χ0v) is 10.9. The topological polar surface area (TPSA) is 72.3 Å². The Hall–Kier alpha value is -1.26.